The first-order chi connectivity index (χ1) is 33.1. The van der Waals surface area contributed by atoms with E-state index in [2.05, 4.69) is 114 Å². The smallest absolute Gasteiger partial charge is 0.309 e. The molecule has 1 aromatic heterocycles. The van der Waals surface area contributed by atoms with Crippen LogP contribution in [0.2, 0.25) is 0 Å². The monoisotopic (exact) mass is 953 g/mol. The van der Waals surface area contributed by atoms with Crippen molar-refractivity contribution >= 4 is 17.8 Å². The SMILES string of the molecule is C=C(C)[C@@H]1CC[C@]2(C(=O)NC3(c4nc(-c5ccccc5)cn4CCN(C)C)CC3)CC[C@]3(C)[C@H](CC[C@@H]4[C@@]5(C)CC[C@H](OC(=O)[C@H]6C[C@@H](C(=O)OCc7ccccc7)C6(C)C)C(C)(C)[C@@H]5CC[C@]43C)[C@@H]12. The van der Waals surface area contributed by atoms with E-state index in [4.69, 9.17) is 14.5 Å². The Morgan fingerprint density at radius 2 is 1.44 bits per heavy atom. The maximum Gasteiger partial charge on any atom is 0.309 e. The summed E-state index contributed by atoms with van der Waals surface area (Å²) in [6.07, 6.45) is 14.8. The molecule has 3 aromatic rings. The Hall–Kier alpha value is -4.24. The second-order valence-corrected chi connectivity index (χ2v) is 26.2. The molecule has 0 aliphatic heterocycles. The molecular formula is C61H84N4O5. The van der Waals surface area contributed by atoms with E-state index in [1.807, 2.05) is 44.2 Å². The molecule has 1 heterocycles. The fourth-order valence-corrected chi connectivity index (χ4v) is 17.4. The van der Waals surface area contributed by atoms with Crippen molar-refractivity contribution in [3.8, 4) is 11.3 Å². The summed E-state index contributed by atoms with van der Waals surface area (Å²) in [4.78, 5) is 50.6. The number of aromatic nitrogens is 2. The first-order valence-electron chi connectivity index (χ1n) is 27.3. The zero-order chi connectivity index (χ0) is 49.8. The molecule has 0 radical (unpaired) electrons. The molecule has 0 saturated heterocycles. The van der Waals surface area contributed by atoms with Gasteiger partial charge in [0.15, 0.2) is 0 Å². The predicted octanol–water partition coefficient (Wildman–Crippen LogP) is 12.2. The molecule has 7 saturated carbocycles. The zero-order valence-corrected chi connectivity index (χ0v) is 44.4. The summed E-state index contributed by atoms with van der Waals surface area (Å²) in [7, 11) is 4.23. The van der Waals surface area contributed by atoms with Crippen molar-refractivity contribution in [2.75, 3.05) is 20.6 Å². The van der Waals surface area contributed by atoms with Gasteiger partial charge in [-0.3, -0.25) is 14.4 Å². The highest BCUT2D eigenvalue weighted by atomic mass is 16.5. The number of rotatable bonds is 13. The Bertz CT molecular complexity index is 2490. The van der Waals surface area contributed by atoms with Gasteiger partial charge < -0.3 is 24.3 Å². The Balaban J connectivity index is 0.853. The van der Waals surface area contributed by atoms with Crippen molar-refractivity contribution in [3.63, 3.8) is 0 Å². The molecule has 0 unspecified atom stereocenters. The lowest BCUT2D eigenvalue weighted by atomic mass is 9.32. The third-order valence-corrected chi connectivity index (χ3v) is 21.9. The van der Waals surface area contributed by atoms with Crippen LogP contribution in [-0.2, 0) is 42.5 Å². The van der Waals surface area contributed by atoms with Gasteiger partial charge in [-0.2, -0.15) is 0 Å². The van der Waals surface area contributed by atoms with Gasteiger partial charge in [-0.05, 0) is 161 Å². The number of allylic oxidation sites excluding steroid dienone is 1. The van der Waals surface area contributed by atoms with E-state index in [1.165, 1.54) is 12.0 Å². The van der Waals surface area contributed by atoms with E-state index in [0.717, 1.165) is 106 Å². The molecule has 70 heavy (non-hydrogen) atoms. The van der Waals surface area contributed by atoms with Crippen LogP contribution in [0.5, 0.6) is 0 Å². The Kier molecular flexibility index (Phi) is 12.3. The minimum atomic E-state index is -0.527. The van der Waals surface area contributed by atoms with Gasteiger partial charge in [0.05, 0.1) is 28.5 Å². The van der Waals surface area contributed by atoms with Crippen molar-refractivity contribution in [2.24, 2.45) is 73.9 Å². The van der Waals surface area contributed by atoms with Crippen LogP contribution >= 0.6 is 0 Å². The van der Waals surface area contributed by atoms with Gasteiger partial charge in [0.1, 0.15) is 18.5 Å². The van der Waals surface area contributed by atoms with E-state index in [0.29, 0.717) is 30.1 Å². The molecular weight excluding hydrogens is 869 g/mol. The highest BCUT2D eigenvalue weighted by Gasteiger charge is 2.73. The van der Waals surface area contributed by atoms with Crippen molar-refractivity contribution in [3.05, 3.63) is 90.4 Å². The zero-order valence-electron chi connectivity index (χ0n) is 44.4. The lowest BCUT2D eigenvalue weighted by molar-refractivity contribution is -0.251. The second kappa shape index (κ2) is 17.5. The quantitative estimate of drug-likeness (QED) is 0.134. The molecule has 12 atom stereocenters. The Morgan fingerprint density at radius 3 is 2.10 bits per heavy atom. The fraction of sp³-hybridized carbons (Fsp3) is 0.672. The molecule has 378 valence electrons. The number of ether oxygens (including phenoxy) is 2. The van der Waals surface area contributed by atoms with Gasteiger partial charge in [-0.1, -0.05) is 121 Å². The van der Waals surface area contributed by atoms with Crippen LogP contribution in [0.4, 0.5) is 0 Å². The normalized spacial score (nSPS) is 37.4. The molecule has 7 aliphatic carbocycles. The van der Waals surface area contributed by atoms with Crippen LogP contribution in [0.3, 0.4) is 0 Å². The topological polar surface area (TPSA) is 103 Å². The number of nitrogens with zero attached hydrogens (tertiary/aromatic N) is 3. The van der Waals surface area contributed by atoms with Gasteiger partial charge in [0, 0.05) is 30.3 Å². The molecule has 9 heteroatoms. The number of carbonyl (C=O) groups excluding carboxylic acids is 3. The van der Waals surface area contributed by atoms with Gasteiger partial charge in [-0.15, -0.1) is 0 Å². The van der Waals surface area contributed by atoms with Crippen LogP contribution in [0.1, 0.15) is 150 Å². The lowest BCUT2D eigenvalue weighted by Gasteiger charge is -2.73. The summed E-state index contributed by atoms with van der Waals surface area (Å²) in [6.45, 7) is 25.6. The number of likely N-dealkylation sites (N-methyl/N-ethyl adjacent to an activating group) is 1. The van der Waals surface area contributed by atoms with Gasteiger partial charge >= 0.3 is 11.9 Å². The van der Waals surface area contributed by atoms with Gasteiger partial charge in [0.25, 0.3) is 0 Å². The Labute approximate surface area is 419 Å². The third kappa shape index (κ3) is 7.69. The summed E-state index contributed by atoms with van der Waals surface area (Å²) in [5.41, 5.74) is 3.02. The standard InChI is InChI=1S/C61H84N4O5/c1-39(2)42-24-29-60(54(68)63-61(32-33-61)53-62-46(41-20-16-13-17-21-41)37-65(53)35-34-64(10)11)31-30-58(8)43(50(42)60)22-23-48-57(7)27-26-49(56(5,6)47(57)25-28-59(48,58)9)70-52(67)45-36-44(55(45,3)4)51(66)69-38-40-18-14-12-15-19-40/h12-21,37,42-45,47-50H,1,22-36,38H2,2-11H3,(H,63,68)/t42-,43+,44-,45+,47-,48+,49-,50+,57-,58+,59+,60-/m0/s1. The minimum Gasteiger partial charge on any atom is -0.462 e. The molecule has 1 N–H and O–H groups in total. The minimum absolute atomic E-state index is 0.0860. The number of nitrogens with one attached hydrogen (secondary N) is 1. The molecule has 9 nitrogen and oxygen atoms in total. The number of imidazole rings is 1. The maximum atomic E-state index is 15.6. The van der Waals surface area contributed by atoms with E-state index in [9.17, 15) is 9.59 Å². The van der Waals surface area contributed by atoms with Crippen LogP contribution < -0.4 is 5.32 Å². The van der Waals surface area contributed by atoms with Crippen molar-refractivity contribution in [2.45, 2.75) is 164 Å². The third-order valence-electron chi connectivity index (χ3n) is 21.9. The van der Waals surface area contributed by atoms with Gasteiger partial charge in [0.2, 0.25) is 5.91 Å². The second-order valence-electron chi connectivity index (χ2n) is 26.2. The van der Waals surface area contributed by atoms with Crippen molar-refractivity contribution < 1.29 is 23.9 Å². The molecule has 10 rings (SSSR count). The number of amides is 1. The number of hydrogen-bond donors (Lipinski definition) is 1. The first kappa shape index (κ1) is 49.3. The highest BCUT2D eigenvalue weighted by Crippen LogP contribution is 2.78. The van der Waals surface area contributed by atoms with E-state index in [1.54, 1.807) is 0 Å². The number of hydrogen-bond acceptors (Lipinski definition) is 7. The number of fused-ring (bicyclic) bond motifs is 7. The fourth-order valence-electron chi connectivity index (χ4n) is 17.4. The maximum absolute atomic E-state index is 15.6. The first-order valence-corrected chi connectivity index (χ1v) is 27.3. The molecule has 0 bridgehead atoms. The summed E-state index contributed by atoms with van der Waals surface area (Å²) in [6, 6.07) is 20.2. The summed E-state index contributed by atoms with van der Waals surface area (Å²) >= 11 is 0. The largest absolute Gasteiger partial charge is 0.462 e. The summed E-state index contributed by atoms with van der Waals surface area (Å²) in [5, 5.41) is 3.83. The molecule has 1 amide bonds. The van der Waals surface area contributed by atoms with Crippen molar-refractivity contribution in [1.29, 1.82) is 0 Å². The predicted molar refractivity (Wildman–Crippen MR) is 276 cm³/mol. The lowest BCUT2D eigenvalue weighted by Crippen LogP contribution is -2.67. The van der Waals surface area contributed by atoms with Crippen LogP contribution in [0.25, 0.3) is 11.3 Å². The summed E-state index contributed by atoms with van der Waals surface area (Å²) in [5.74, 6) is 2.26. The highest BCUT2D eigenvalue weighted by molar-refractivity contribution is 5.85. The number of esters is 2. The van der Waals surface area contributed by atoms with Crippen molar-refractivity contribution in [1.82, 2.24) is 19.8 Å². The summed E-state index contributed by atoms with van der Waals surface area (Å²) < 4.78 is 14.7. The molecule has 2 aromatic carbocycles. The number of benzene rings is 2. The van der Waals surface area contributed by atoms with Gasteiger partial charge in [-0.25, -0.2) is 4.98 Å². The van der Waals surface area contributed by atoms with Crippen LogP contribution in [0.15, 0.2) is 79.0 Å². The molecule has 0 spiro atoms. The Morgan fingerprint density at radius 1 is 0.757 bits per heavy atom. The van der Waals surface area contributed by atoms with Crippen LogP contribution in [-0.4, -0.2) is 59.0 Å². The number of carbonyl (C=O) groups is 3. The average molecular weight is 953 g/mol. The van der Waals surface area contributed by atoms with Crippen LogP contribution in [0, 0.1) is 73.9 Å². The average Bonchev–Trinajstić information content (AvgIpc) is 3.76. The van der Waals surface area contributed by atoms with E-state index in [-0.39, 0.29) is 70.0 Å². The van der Waals surface area contributed by atoms with E-state index >= 15 is 4.79 Å². The molecule has 7 aliphatic rings. The molecule has 7 fully saturated rings. The van der Waals surface area contributed by atoms with E-state index < -0.39 is 16.4 Å².